The highest BCUT2D eigenvalue weighted by Gasteiger charge is 2.28. The molecule has 0 unspecified atom stereocenters. The topological polar surface area (TPSA) is 86.6 Å². The highest BCUT2D eigenvalue weighted by atomic mass is 16.4. The van der Waals surface area contributed by atoms with Crippen LogP contribution in [0.3, 0.4) is 0 Å². The Labute approximate surface area is 163 Å². The van der Waals surface area contributed by atoms with Gasteiger partial charge in [0, 0.05) is 6.42 Å². The van der Waals surface area contributed by atoms with Gasteiger partial charge in [-0.05, 0) is 22.8 Å². The zero-order valence-corrected chi connectivity index (χ0v) is 15.2. The number of hydrogen-bond acceptors (Lipinski definition) is 3. The first-order chi connectivity index (χ1) is 13.6. The molecule has 0 saturated carbocycles. The number of para-hydroxylation sites is 1. The molecule has 3 aromatic carbocycles. The van der Waals surface area contributed by atoms with Crippen molar-refractivity contribution >= 4 is 11.9 Å². The van der Waals surface area contributed by atoms with Gasteiger partial charge in [-0.25, -0.2) is 4.79 Å². The van der Waals surface area contributed by atoms with E-state index in [2.05, 4.69) is 5.32 Å². The van der Waals surface area contributed by atoms with Crippen LogP contribution in [-0.4, -0.2) is 28.1 Å². The van der Waals surface area contributed by atoms with Gasteiger partial charge in [0.05, 0.1) is 5.92 Å². The second kappa shape index (κ2) is 8.86. The summed E-state index contributed by atoms with van der Waals surface area (Å²) in [6, 6.07) is 23.8. The second-order valence-corrected chi connectivity index (χ2v) is 6.49. The van der Waals surface area contributed by atoms with E-state index in [9.17, 15) is 19.8 Å². The molecule has 142 valence electrons. The molecule has 0 spiro atoms. The molecule has 0 radical (unpaired) electrons. The van der Waals surface area contributed by atoms with E-state index in [4.69, 9.17) is 0 Å². The molecule has 3 rings (SSSR count). The molecule has 1 atom stereocenters. The van der Waals surface area contributed by atoms with Crippen LogP contribution in [0.2, 0.25) is 0 Å². The number of aromatic hydroxyl groups is 1. The minimum atomic E-state index is -1.16. The Morgan fingerprint density at radius 3 is 1.79 bits per heavy atom. The monoisotopic (exact) mass is 375 g/mol. The lowest BCUT2D eigenvalue weighted by Crippen LogP contribution is -2.44. The number of carboxylic acids is 1. The number of benzene rings is 3. The molecule has 3 N–H and O–H groups in total. The summed E-state index contributed by atoms with van der Waals surface area (Å²) in [5, 5.41) is 22.2. The van der Waals surface area contributed by atoms with Crippen molar-refractivity contribution in [1.29, 1.82) is 0 Å². The maximum absolute atomic E-state index is 13.1. The van der Waals surface area contributed by atoms with Crippen molar-refractivity contribution in [2.24, 2.45) is 0 Å². The Bertz CT molecular complexity index is 902. The third kappa shape index (κ3) is 4.57. The summed E-state index contributed by atoms with van der Waals surface area (Å²) in [5.41, 5.74) is 2.02. The van der Waals surface area contributed by atoms with Crippen molar-refractivity contribution in [2.45, 2.75) is 18.4 Å². The van der Waals surface area contributed by atoms with Gasteiger partial charge in [0.15, 0.2) is 0 Å². The molecule has 28 heavy (non-hydrogen) atoms. The summed E-state index contributed by atoms with van der Waals surface area (Å²) in [7, 11) is 0. The fraction of sp³-hybridized carbons (Fsp3) is 0.130. The van der Waals surface area contributed by atoms with Crippen molar-refractivity contribution in [2.75, 3.05) is 0 Å². The van der Waals surface area contributed by atoms with Gasteiger partial charge in [-0.1, -0.05) is 78.9 Å². The molecule has 0 aliphatic carbocycles. The summed E-state index contributed by atoms with van der Waals surface area (Å²) in [6.07, 6.45) is -0.00987. The number of hydrogen-bond donors (Lipinski definition) is 3. The van der Waals surface area contributed by atoms with E-state index in [1.165, 1.54) is 6.07 Å². The van der Waals surface area contributed by atoms with E-state index in [1.54, 1.807) is 18.2 Å². The number of carbonyl (C=O) groups is 2. The van der Waals surface area contributed by atoms with Crippen LogP contribution in [0.15, 0.2) is 84.9 Å². The Hall–Kier alpha value is -3.60. The quantitative estimate of drug-likeness (QED) is 0.591. The summed E-state index contributed by atoms with van der Waals surface area (Å²) in [4.78, 5) is 24.8. The normalized spacial score (nSPS) is 11.8. The third-order valence-corrected chi connectivity index (χ3v) is 4.56. The van der Waals surface area contributed by atoms with Crippen LogP contribution in [0.5, 0.6) is 5.75 Å². The maximum Gasteiger partial charge on any atom is 0.326 e. The molecule has 5 heteroatoms. The molecular weight excluding hydrogens is 354 g/mol. The largest absolute Gasteiger partial charge is 0.508 e. The average molecular weight is 375 g/mol. The number of phenols is 1. The van der Waals surface area contributed by atoms with E-state index < -0.39 is 23.8 Å². The van der Waals surface area contributed by atoms with Crippen molar-refractivity contribution < 1.29 is 19.8 Å². The highest BCUT2D eigenvalue weighted by Crippen LogP contribution is 2.25. The van der Waals surface area contributed by atoms with Crippen LogP contribution >= 0.6 is 0 Å². The predicted molar refractivity (Wildman–Crippen MR) is 106 cm³/mol. The zero-order valence-electron chi connectivity index (χ0n) is 15.2. The summed E-state index contributed by atoms with van der Waals surface area (Å²) >= 11 is 0. The first-order valence-corrected chi connectivity index (χ1v) is 8.96. The number of rotatable bonds is 7. The lowest BCUT2D eigenvalue weighted by Gasteiger charge is -2.21. The Morgan fingerprint density at radius 1 is 0.786 bits per heavy atom. The molecule has 0 saturated heterocycles. The van der Waals surface area contributed by atoms with E-state index in [-0.39, 0.29) is 12.2 Å². The van der Waals surface area contributed by atoms with Crippen LogP contribution in [0.1, 0.15) is 22.6 Å². The van der Waals surface area contributed by atoms with E-state index in [0.29, 0.717) is 5.56 Å². The number of carbonyl (C=O) groups excluding carboxylic acids is 1. The summed E-state index contributed by atoms with van der Waals surface area (Å²) < 4.78 is 0. The maximum atomic E-state index is 13.1. The molecule has 0 heterocycles. The molecule has 5 nitrogen and oxygen atoms in total. The Balaban J connectivity index is 1.87. The second-order valence-electron chi connectivity index (χ2n) is 6.49. The SMILES string of the molecule is O=C(N[C@@H](Cc1ccccc1O)C(=O)O)C(c1ccccc1)c1ccccc1. The molecule has 0 aliphatic heterocycles. The molecule has 0 fully saturated rings. The fourth-order valence-electron chi connectivity index (χ4n) is 3.14. The molecule has 3 aromatic rings. The standard InChI is InChI=1S/C23H21NO4/c25-20-14-8-7-13-18(20)15-19(23(27)28)24-22(26)21(16-9-3-1-4-10-16)17-11-5-2-6-12-17/h1-14,19,21,25H,15H2,(H,24,26)(H,27,28)/t19-/m0/s1. The highest BCUT2D eigenvalue weighted by molar-refractivity contribution is 5.90. The van der Waals surface area contributed by atoms with Gasteiger partial charge in [-0.15, -0.1) is 0 Å². The number of carboxylic acid groups (broad SMARTS) is 1. The van der Waals surface area contributed by atoms with Gasteiger partial charge in [0.1, 0.15) is 11.8 Å². The van der Waals surface area contributed by atoms with E-state index in [1.807, 2.05) is 60.7 Å². The summed E-state index contributed by atoms with van der Waals surface area (Å²) in [6.45, 7) is 0. The minimum Gasteiger partial charge on any atom is -0.508 e. The Kier molecular flexibility index (Phi) is 6.07. The zero-order chi connectivity index (χ0) is 19.9. The first kappa shape index (κ1) is 19.2. The Morgan fingerprint density at radius 2 is 1.29 bits per heavy atom. The lowest BCUT2D eigenvalue weighted by molar-refractivity contribution is -0.141. The van der Waals surface area contributed by atoms with Crippen molar-refractivity contribution in [3.05, 3.63) is 102 Å². The van der Waals surface area contributed by atoms with Gasteiger partial charge in [-0.3, -0.25) is 4.79 Å². The number of aliphatic carboxylic acids is 1. The van der Waals surface area contributed by atoms with Gasteiger partial charge in [0.2, 0.25) is 5.91 Å². The molecule has 0 bridgehead atoms. The van der Waals surface area contributed by atoms with Crippen LogP contribution < -0.4 is 5.32 Å². The minimum absolute atomic E-state index is 0.00525. The average Bonchev–Trinajstić information content (AvgIpc) is 2.71. The third-order valence-electron chi connectivity index (χ3n) is 4.56. The molecule has 0 aromatic heterocycles. The summed E-state index contributed by atoms with van der Waals surface area (Å²) in [5.74, 6) is -2.18. The first-order valence-electron chi connectivity index (χ1n) is 8.96. The van der Waals surface area contributed by atoms with Crippen LogP contribution in [0, 0.1) is 0 Å². The van der Waals surface area contributed by atoms with E-state index in [0.717, 1.165) is 11.1 Å². The van der Waals surface area contributed by atoms with Crippen molar-refractivity contribution in [1.82, 2.24) is 5.32 Å². The van der Waals surface area contributed by atoms with Crippen LogP contribution in [0.4, 0.5) is 0 Å². The number of phenolic OH excluding ortho intramolecular Hbond substituents is 1. The van der Waals surface area contributed by atoms with Gasteiger partial charge >= 0.3 is 5.97 Å². The van der Waals surface area contributed by atoms with E-state index >= 15 is 0 Å². The van der Waals surface area contributed by atoms with Crippen molar-refractivity contribution in [3.8, 4) is 5.75 Å². The number of amides is 1. The fourth-order valence-corrected chi connectivity index (χ4v) is 3.14. The molecular formula is C23H21NO4. The lowest BCUT2D eigenvalue weighted by atomic mass is 9.90. The molecule has 1 amide bonds. The number of nitrogens with one attached hydrogen (secondary N) is 1. The smallest absolute Gasteiger partial charge is 0.326 e. The molecule has 0 aliphatic rings. The van der Waals surface area contributed by atoms with Gasteiger partial charge in [-0.2, -0.15) is 0 Å². The predicted octanol–water partition coefficient (Wildman–Crippen LogP) is 3.34. The van der Waals surface area contributed by atoms with Gasteiger partial charge in [0.25, 0.3) is 0 Å². The van der Waals surface area contributed by atoms with Gasteiger partial charge < -0.3 is 15.5 Å². The van der Waals surface area contributed by atoms with Crippen LogP contribution in [0.25, 0.3) is 0 Å². The van der Waals surface area contributed by atoms with Crippen molar-refractivity contribution in [3.63, 3.8) is 0 Å². The van der Waals surface area contributed by atoms with Crippen LogP contribution in [-0.2, 0) is 16.0 Å².